The molecule has 0 bridgehead atoms. The molecule has 1 fully saturated rings. The van der Waals surface area contributed by atoms with Crippen LogP contribution in [0.3, 0.4) is 0 Å². The molecule has 4 amide bonds. The molecule has 2 aromatic carbocycles. The first kappa shape index (κ1) is 18.9. The number of urea groups is 1. The molecule has 0 spiro atoms. The Balaban J connectivity index is 1.53. The smallest absolute Gasteiger partial charge is 0.321 e. The third-order valence-electron chi connectivity index (χ3n) is 5.19. The molecule has 150 valence electrons. The van der Waals surface area contributed by atoms with Crippen LogP contribution in [0, 0.1) is 5.82 Å². The summed E-state index contributed by atoms with van der Waals surface area (Å²) in [4.78, 5) is 39.1. The first-order chi connectivity index (χ1) is 14.0. The number of para-hydroxylation sites is 2. The lowest BCUT2D eigenvalue weighted by Gasteiger charge is -2.25. The van der Waals surface area contributed by atoms with Gasteiger partial charge in [0.2, 0.25) is 11.8 Å². The number of anilines is 3. The summed E-state index contributed by atoms with van der Waals surface area (Å²) in [7, 11) is 0. The van der Waals surface area contributed by atoms with E-state index in [0.717, 1.165) is 12.8 Å². The van der Waals surface area contributed by atoms with Gasteiger partial charge in [0, 0.05) is 25.2 Å². The maximum atomic E-state index is 13.5. The molecule has 3 N–H and O–H groups in total. The van der Waals surface area contributed by atoms with E-state index in [0.29, 0.717) is 35.7 Å². The molecule has 1 saturated heterocycles. The summed E-state index contributed by atoms with van der Waals surface area (Å²) in [5.74, 6) is -1.98. The number of carbonyl (C=O) groups is 3. The Morgan fingerprint density at radius 2 is 1.72 bits per heavy atom. The number of benzene rings is 2. The van der Waals surface area contributed by atoms with E-state index in [1.165, 1.54) is 18.2 Å². The molecular formula is C21H21FN4O3. The van der Waals surface area contributed by atoms with Crippen molar-refractivity contribution in [3.63, 3.8) is 0 Å². The lowest BCUT2D eigenvalue weighted by Crippen LogP contribution is -2.33. The van der Waals surface area contributed by atoms with Gasteiger partial charge in [-0.3, -0.25) is 9.59 Å². The summed E-state index contributed by atoms with van der Waals surface area (Å²) in [6.07, 6.45) is 1.93. The number of hydrogen-bond donors (Lipinski definition) is 3. The molecule has 7 nitrogen and oxygen atoms in total. The summed E-state index contributed by atoms with van der Waals surface area (Å²) < 4.78 is 13.5. The third kappa shape index (κ3) is 4.06. The van der Waals surface area contributed by atoms with Crippen LogP contribution in [0.5, 0.6) is 0 Å². The molecule has 1 unspecified atom stereocenters. The van der Waals surface area contributed by atoms with E-state index in [-0.39, 0.29) is 18.4 Å². The Morgan fingerprint density at radius 3 is 2.45 bits per heavy atom. The summed E-state index contributed by atoms with van der Waals surface area (Å²) in [5.41, 5.74) is 1.79. The number of halogens is 1. The SMILES string of the molecule is O=C1CC(C(=O)Nc2ccccc2NC(=O)N2CCCC2)c2ccc(F)cc2N1. The monoisotopic (exact) mass is 396 g/mol. The Hall–Kier alpha value is -3.42. The van der Waals surface area contributed by atoms with Gasteiger partial charge in [0.25, 0.3) is 0 Å². The van der Waals surface area contributed by atoms with Gasteiger partial charge in [-0.05, 0) is 42.7 Å². The van der Waals surface area contributed by atoms with Crippen LogP contribution in [0.4, 0.5) is 26.2 Å². The van der Waals surface area contributed by atoms with Gasteiger partial charge >= 0.3 is 6.03 Å². The highest BCUT2D eigenvalue weighted by Gasteiger charge is 2.31. The van der Waals surface area contributed by atoms with Crippen LogP contribution < -0.4 is 16.0 Å². The van der Waals surface area contributed by atoms with Crippen molar-refractivity contribution in [2.75, 3.05) is 29.0 Å². The van der Waals surface area contributed by atoms with Crippen molar-refractivity contribution in [2.24, 2.45) is 0 Å². The Bertz CT molecular complexity index is 972. The normalized spacial score (nSPS) is 18.0. The van der Waals surface area contributed by atoms with E-state index < -0.39 is 17.6 Å². The lowest BCUT2D eigenvalue weighted by atomic mass is 9.89. The van der Waals surface area contributed by atoms with Crippen molar-refractivity contribution in [3.8, 4) is 0 Å². The van der Waals surface area contributed by atoms with E-state index in [2.05, 4.69) is 16.0 Å². The van der Waals surface area contributed by atoms with Gasteiger partial charge < -0.3 is 20.9 Å². The molecule has 1 atom stereocenters. The van der Waals surface area contributed by atoms with Gasteiger partial charge in [-0.25, -0.2) is 9.18 Å². The molecule has 2 heterocycles. The first-order valence-corrected chi connectivity index (χ1v) is 9.56. The minimum absolute atomic E-state index is 0.0350. The predicted molar refractivity (Wildman–Crippen MR) is 107 cm³/mol. The summed E-state index contributed by atoms with van der Waals surface area (Å²) in [6.45, 7) is 1.43. The van der Waals surface area contributed by atoms with Crippen LogP contribution >= 0.6 is 0 Å². The number of fused-ring (bicyclic) bond motifs is 1. The third-order valence-corrected chi connectivity index (χ3v) is 5.19. The topological polar surface area (TPSA) is 90.5 Å². The average molecular weight is 396 g/mol. The number of amides is 4. The highest BCUT2D eigenvalue weighted by molar-refractivity contribution is 6.06. The van der Waals surface area contributed by atoms with Gasteiger partial charge in [-0.15, -0.1) is 0 Å². The van der Waals surface area contributed by atoms with E-state index in [9.17, 15) is 18.8 Å². The maximum Gasteiger partial charge on any atom is 0.321 e. The van der Waals surface area contributed by atoms with Crippen molar-refractivity contribution in [3.05, 3.63) is 53.8 Å². The van der Waals surface area contributed by atoms with Crippen molar-refractivity contribution in [1.82, 2.24) is 4.90 Å². The molecule has 0 radical (unpaired) electrons. The first-order valence-electron chi connectivity index (χ1n) is 9.56. The van der Waals surface area contributed by atoms with Gasteiger partial charge in [0.05, 0.1) is 17.3 Å². The number of rotatable bonds is 3. The fourth-order valence-electron chi connectivity index (χ4n) is 3.71. The lowest BCUT2D eigenvalue weighted by molar-refractivity contribution is -0.123. The minimum atomic E-state index is -0.748. The van der Waals surface area contributed by atoms with E-state index in [1.807, 2.05) is 0 Å². The van der Waals surface area contributed by atoms with Crippen LogP contribution in [0.25, 0.3) is 0 Å². The highest BCUT2D eigenvalue weighted by atomic mass is 19.1. The van der Waals surface area contributed by atoms with Crippen LogP contribution in [-0.4, -0.2) is 35.8 Å². The zero-order chi connectivity index (χ0) is 20.4. The molecule has 0 aromatic heterocycles. The van der Waals surface area contributed by atoms with Crippen molar-refractivity contribution in [1.29, 1.82) is 0 Å². The number of nitrogens with zero attached hydrogens (tertiary/aromatic N) is 1. The van der Waals surface area contributed by atoms with Crippen LogP contribution in [0.1, 0.15) is 30.7 Å². The molecule has 2 aliphatic rings. The number of likely N-dealkylation sites (tertiary alicyclic amines) is 1. The summed E-state index contributed by atoms with van der Waals surface area (Å²) in [6, 6.07) is 10.7. The van der Waals surface area contributed by atoms with E-state index >= 15 is 0 Å². The van der Waals surface area contributed by atoms with Crippen molar-refractivity contribution < 1.29 is 18.8 Å². The second-order valence-corrected chi connectivity index (χ2v) is 7.20. The Kier molecular flexibility index (Phi) is 5.16. The molecule has 29 heavy (non-hydrogen) atoms. The largest absolute Gasteiger partial charge is 0.326 e. The molecule has 8 heteroatoms. The predicted octanol–water partition coefficient (Wildman–Crippen LogP) is 3.52. The second-order valence-electron chi connectivity index (χ2n) is 7.20. The van der Waals surface area contributed by atoms with Crippen molar-refractivity contribution >= 4 is 34.9 Å². The molecule has 2 aromatic rings. The van der Waals surface area contributed by atoms with Crippen LogP contribution in [-0.2, 0) is 9.59 Å². The van der Waals surface area contributed by atoms with Crippen LogP contribution in [0.2, 0.25) is 0 Å². The Labute approximate surface area is 167 Å². The molecule has 0 aliphatic carbocycles. The van der Waals surface area contributed by atoms with Gasteiger partial charge in [0.1, 0.15) is 5.82 Å². The van der Waals surface area contributed by atoms with Gasteiger partial charge in [-0.2, -0.15) is 0 Å². The molecular weight excluding hydrogens is 375 g/mol. The summed E-state index contributed by atoms with van der Waals surface area (Å²) in [5, 5.41) is 8.24. The van der Waals surface area contributed by atoms with Crippen molar-refractivity contribution in [2.45, 2.75) is 25.2 Å². The van der Waals surface area contributed by atoms with E-state index in [1.54, 1.807) is 29.2 Å². The van der Waals surface area contributed by atoms with Gasteiger partial charge in [0.15, 0.2) is 0 Å². The quantitative estimate of drug-likeness (QED) is 0.741. The number of carbonyl (C=O) groups excluding carboxylic acids is 3. The maximum absolute atomic E-state index is 13.5. The van der Waals surface area contributed by atoms with Crippen LogP contribution in [0.15, 0.2) is 42.5 Å². The fourth-order valence-corrected chi connectivity index (χ4v) is 3.71. The molecule has 0 saturated carbocycles. The minimum Gasteiger partial charge on any atom is -0.326 e. The standard InChI is InChI=1S/C21H21FN4O3/c22-13-7-8-14-15(12-19(27)23-18(14)11-13)20(28)24-16-5-1-2-6-17(16)25-21(29)26-9-3-4-10-26/h1-2,5-8,11,15H,3-4,9-10,12H2,(H,23,27)(H,24,28)(H,25,29). The Morgan fingerprint density at radius 1 is 1.03 bits per heavy atom. The van der Waals surface area contributed by atoms with Gasteiger partial charge in [-0.1, -0.05) is 18.2 Å². The summed E-state index contributed by atoms with van der Waals surface area (Å²) >= 11 is 0. The fraction of sp³-hybridized carbons (Fsp3) is 0.286. The average Bonchev–Trinajstić information content (AvgIpc) is 3.23. The van der Waals surface area contributed by atoms with E-state index in [4.69, 9.17) is 0 Å². The zero-order valence-electron chi connectivity index (χ0n) is 15.7. The zero-order valence-corrected chi connectivity index (χ0v) is 15.7. The number of hydrogen-bond acceptors (Lipinski definition) is 3. The molecule has 4 rings (SSSR count). The molecule has 2 aliphatic heterocycles. The second kappa shape index (κ2) is 7.90. The highest BCUT2D eigenvalue weighted by Crippen LogP contribution is 2.34. The number of nitrogens with one attached hydrogen (secondary N) is 3.